The van der Waals surface area contributed by atoms with Crippen LogP contribution in [0, 0.1) is 5.92 Å². The van der Waals surface area contributed by atoms with E-state index in [1.54, 1.807) is 12.3 Å². The lowest BCUT2D eigenvalue weighted by atomic mass is 9.83. The predicted molar refractivity (Wildman–Crippen MR) is 126 cm³/mol. The molecule has 0 radical (unpaired) electrons. The van der Waals surface area contributed by atoms with Gasteiger partial charge in [0.25, 0.3) is 0 Å². The Morgan fingerprint density at radius 1 is 1.15 bits per heavy atom. The number of hydrogen-bond acceptors (Lipinski definition) is 5. The Bertz CT molecular complexity index is 1340. The maximum atomic E-state index is 12.4. The highest BCUT2D eigenvalue weighted by molar-refractivity contribution is 5.87. The molecular formula is C27H25NO5. The van der Waals surface area contributed by atoms with Crippen LogP contribution in [0.4, 0.5) is 0 Å². The molecule has 3 aromatic rings. The molecule has 1 aliphatic carbocycles. The lowest BCUT2D eigenvalue weighted by Gasteiger charge is -2.24. The molecule has 2 heterocycles. The van der Waals surface area contributed by atoms with Gasteiger partial charge in [0.2, 0.25) is 5.91 Å². The topological polar surface area (TPSA) is 88.8 Å². The molecule has 0 saturated carbocycles. The first-order chi connectivity index (χ1) is 16.0. The van der Waals surface area contributed by atoms with Crippen LogP contribution in [0.3, 0.4) is 0 Å². The number of amides is 1. The number of carbonyl (C=O) groups is 1. The van der Waals surface area contributed by atoms with Crippen molar-refractivity contribution in [2.24, 2.45) is 5.92 Å². The molecule has 168 valence electrons. The smallest absolute Gasteiger partial charge is 0.339 e. The number of nitrogens with one attached hydrogen (secondary N) is 1. The Morgan fingerprint density at radius 2 is 1.97 bits per heavy atom. The largest absolute Gasteiger partial charge is 0.492 e. The van der Waals surface area contributed by atoms with E-state index >= 15 is 0 Å². The number of hydrogen-bond donors (Lipinski definition) is 2. The Hall–Kier alpha value is -3.64. The molecule has 33 heavy (non-hydrogen) atoms. The first kappa shape index (κ1) is 21.2. The van der Waals surface area contributed by atoms with Crippen molar-refractivity contribution in [1.82, 2.24) is 5.32 Å². The molecule has 6 nitrogen and oxygen atoms in total. The third-order valence-electron chi connectivity index (χ3n) is 6.31. The van der Waals surface area contributed by atoms with Crippen LogP contribution in [0.2, 0.25) is 0 Å². The summed E-state index contributed by atoms with van der Waals surface area (Å²) >= 11 is 0. The normalized spacial score (nSPS) is 19.4. The van der Waals surface area contributed by atoms with Gasteiger partial charge in [-0.2, -0.15) is 0 Å². The van der Waals surface area contributed by atoms with Crippen molar-refractivity contribution >= 4 is 28.3 Å². The Morgan fingerprint density at radius 3 is 2.79 bits per heavy atom. The van der Waals surface area contributed by atoms with Gasteiger partial charge in [0, 0.05) is 29.2 Å². The number of benzene rings is 2. The van der Waals surface area contributed by atoms with Crippen LogP contribution in [0.1, 0.15) is 41.9 Å². The molecular weight excluding hydrogens is 418 g/mol. The summed E-state index contributed by atoms with van der Waals surface area (Å²) in [6.07, 6.45) is 5.10. The standard InChI is InChI=1S/C27H25NO5/c1-2-20(29)14-28-25(30)13-19-12-22-24(33-27(19)31)10-9-21-23(15-32-26(21)22)18-8-7-16-5-3-4-6-17(16)11-18/h3-12,15,20-21,26,29H,2,13-14H2,1H3,(H,28,30). The number of carbonyl (C=O) groups excluding carboxylic acids is 1. The minimum Gasteiger partial charge on any atom is -0.492 e. The third-order valence-corrected chi connectivity index (χ3v) is 6.31. The van der Waals surface area contributed by atoms with Crippen LogP contribution in [-0.2, 0) is 16.0 Å². The number of ether oxygens (including phenoxy) is 1. The molecule has 0 bridgehead atoms. The number of aliphatic hydroxyl groups excluding tert-OH is 1. The van der Waals surface area contributed by atoms with E-state index in [1.807, 2.05) is 31.2 Å². The van der Waals surface area contributed by atoms with Crippen molar-refractivity contribution in [3.63, 3.8) is 0 Å². The van der Waals surface area contributed by atoms with Crippen molar-refractivity contribution in [1.29, 1.82) is 0 Å². The second-order valence-electron chi connectivity index (χ2n) is 8.50. The Kier molecular flexibility index (Phi) is 5.60. The Balaban J connectivity index is 1.39. The molecule has 1 aromatic heterocycles. The van der Waals surface area contributed by atoms with Crippen LogP contribution < -0.4 is 10.9 Å². The summed E-state index contributed by atoms with van der Waals surface area (Å²) in [5.74, 6) is 0.104. The summed E-state index contributed by atoms with van der Waals surface area (Å²) in [6.45, 7) is 1.99. The zero-order valence-electron chi connectivity index (χ0n) is 18.3. The van der Waals surface area contributed by atoms with E-state index in [-0.39, 0.29) is 36.5 Å². The predicted octanol–water partition coefficient (Wildman–Crippen LogP) is 3.98. The number of fused-ring (bicyclic) bond motifs is 4. The van der Waals surface area contributed by atoms with Crippen molar-refractivity contribution < 1.29 is 19.1 Å². The summed E-state index contributed by atoms with van der Waals surface area (Å²) in [5, 5.41) is 14.6. The molecule has 3 unspecified atom stereocenters. The van der Waals surface area contributed by atoms with Gasteiger partial charge in [-0.1, -0.05) is 49.4 Å². The van der Waals surface area contributed by atoms with Gasteiger partial charge >= 0.3 is 5.63 Å². The molecule has 0 fully saturated rings. The molecule has 5 rings (SSSR count). The average Bonchev–Trinajstić information content (AvgIpc) is 3.27. The second kappa shape index (κ2) is 8.71. The molecule has 0 saturated heterocycles. The van der Waals surface area contributed by atoms with Crippen molar-refractivity contribution in [2.45, 2.75) is 32.0 Å². The summed E-state index contributed by atoms with van der Waals surface area (Å²) in [6, 6.07) is 16.3. The highest BCUT2D eigenvalue weighted by Gasteiger charge is 2.37. The van der Waals surface area contributed by atoms with Gasteiger partial charge in [0.05, 0.1) is 18.8 Å². The number of rotatable bonds is 6. The molecule has 1 aliphatic heterocycles. The van der Waals surface area contributed by atoms with Crippen LogP contribution in [0.5, 0.6) is 0 Å². The van der Waals surface area contributed by atoms with Crippen LogP contribution in [0.15, 0.2) is 70.1 Å². The highest BCUT2D eigenvalue weighted by Crippen LogP contribution is 2.47. The van der Waals surface area contributed by atoms with Crippen LogP contribution >= 0.6 is 0 Å². The van der Waals surface area contributed by atoms with Crippen molar-refractivity contribution in [3.8, 4) is 0 Å². The molecule has 2 N–H and O–H groups in total. The van der Waals surface area contributed by atoms with E-state index in [2.05, 4.69) is 35.6 Å². The minimum atomic E-state index is -0.605. The zero-order chi connectivity index (χ0) is 22.9. The van der Waals surface area contributed by atoms with Gasteiger partial charge in [-0.15, -0.1) is 0 Å². The van der Waals surface area contributed by atoms with E-state index in [9.17, 15) is 14.7 Å². The molecule has 2 aromatic carbocycles. The van der Waals surface area contributed by atoms with Gasteiger partial charge in [-0.05, 0) is 41.0 Å². The van der Waals surface area contributed by atoms with Crippen LogP contribution in [0.25, 0.3) is 22.4 Å². The number of aliphatic hydroxyl groups is 1. The lowest BCUT2D eigenvalue weighted by Crippen LogP contribution is -2.33. The fourth-order valence-electron chi connectivity index (χ4n) is 4.39. The second-order valence-corrected chi connectivity index (χ2v) is 8.50. The molecule has 2 aliphatic rings. The van der Waals surface area contributed by atoms with E-state index in [0.29, 0.717) is 12.2 Å². The molecule has 1 amide bonds. The summed E-state index contributed by atoms with van der Waals surface area (Å²) in [4.78, 5) is 24.7. The van der Waals surface area contributed by atoms with Gasteiger partial charge in [-0.3, -0.25) is 4.79 Å². The Labute approximate surface area is 191 Å². The molecule has 0 spiro atoms. The lowest BCUT2D eigenvalue weighted by molar-refractivity contribution is -0.120. The van der Waals surface area contributed by atoms with Crippen LogP contribution in [-0.4, -0.2) is 23.7 Å². The molecule has 3 atom stereocenters. The monoisotopic (exact) mass is 443 g/mol. The van der Waals surface area contributed by atoms with Gasteiger partial charge in [0.1, 0.15) is 11.9 Å². The summed E-state index contributed by atoms with van der Waals surface area (Å²) in [7, 11) is 0. The average molecular weight is 443 g/mol. The summed E-state index contributed by atoms with van der Waals surface area (Å²) in [5.41, 5.74) is 2.63. The van der Waals surface area contributed by atoms with E-state index < -0.39 is 11.7 Å². The van der Waals surface area contributed by atoms with Gasteiger partial charge in [-0.25, -0.2) is 4.79 Å². The zero-order valence-corrected chi connectivity index (χ0v) is 18.3. The van der Waals surface area contributed by atoms with E-state index in [0.717, 1.165) is 22.1 Å². The van der Waals surface area contributed by atoms with E-state index in [1.165, 1.54) is 5.39 Å². The maximum Gasteiger partial charge on any atom is 0.339 e. The minimum absolute atomic E-state index is 0.0206. The van der Waals surface area contributed by atoms with Gasteiger partial charge in [0.15, 0.2) is 0 Å². The highest BCUT2D eigenvalue weighted by atomic mass is 16.5. The third kappa shape index (κ3) is 4.10. The SMILES string of the molecule is CCC(O)CNC(=O)Cc1cc2c(oc1=O)C=CC1C(c3ccc4ccccc4c3)=COC21. The molecule has 6 heteroatoms. The van der Waals surface area contributed by atoms with Crippen molar-refractivity contribution in [3.05, 3.63) is 93.7 Å². The summed E-state index contributed by atoms with van der Waals surface area (Å²) < 4.78 is 11.6. The fraction of sp³-hybridized carbons (Fsp3) is 0.259. The first-order valence-electron chi connectivity index (χ1n) is 11.2. The fourth-order valence-corrected chi connectivity index (χ4v) is 4.39. The first-order valence-corrected chi connectivity index (χ1v) is 11.2. The maximum absolute atomic E-state index is 12.4. The van der Waals surface area contributed by atoms with Gasteiger partial charge < -0.3 is 19.6 Å². The quantitative estimate of drug-likeness (QED) is 0.602. The van der Waals surface area contributed by atoms with E-state index in [4.69, 9.17) is 9.15 Å². The van der Waals surface area contributed by atoms with Crippen molar-refractivity contribution in [2.75, 3.05) is 6.54 Å².